The van der Waals surface area contributed by atoms with Crippen LogP contribution in [0.15, 0.2) is 54.6 Å². The van der Waals surface area contributed by atoms with Gasteiger partial charge in [-0.1, -0.05) is 54.1 Å². The number of carbonyl (C=O) groups excluding carboxylic acids is 2. The largest absolute Gasteiger partial charge is 0.325 e. The molecule has 1 fully saturated rings. The number of hydrogen-bond acceptors (Lipinski definition) is 3. The molecule has 1 aromatic heterocycles. The molecule has 1 aliphatic heterocycles. The van der Waals surface area contributed by atoms with Crippen LogP contribution in [0.3, 0.4) is 0 Å². The summed E-state index contributed by atoms with van der Waals surface area (Å²) in [6, 6.07) is 16.6. The normalized spacial score (nSPS) is 19.6. The van der Waals surface area contributed by atoms with Gasteiger partial charge in [-0.25, -0.2) is 9.78 Å². The van der Waals surface area contributed by atoms with E-state index in [0.717, 1.165) is 22.0 Å². The van der Waals surface area contributed by atoms with Crippen molar-refractivity contribution in [2.75, 3.05) is 0 Å². The summed E-state index contributed by atoms with van der Waals surface area (Å²) in [4.78, 5) is 31.3. The van der Waals surface area contributed by atoms with E-state index in [1.54, 1.807) is 6.92 Å². The fourth-order valence-corrected chi connectivity index (χ4v) is 3.78. The molecule has 2 heterocycles. The van der Waals surface area contributed by atoms with Crippen LogP contribution < -0.4 is 5.32 Å². The van der Waals surface area contributed by atoms with E-state index in [0.29, 0.717) is 10.7 Å². The molecule has 0 saturated carbocycles. The maximum absolute atomic E-state index is 13.1. The molecule has 5 nitrogen and oxygen atoms in total. The van der Waals surface area contributed by atoms with E-state index in [4.69, 9.17) is 11.6 Å². The number of fused-ring (bicyclic) bond motifs is 1. The summed E-state index contributed by atoms with van der Waals surface area (Å²) in [5.41, 5.74) is 2.04. The maximum atomic E-state index is 13.1. The highest BCUT2D eigenvalue weighted by Crippen LogP contribution is 2.32. The average molecular weight is 380 g/mol. The average Bonchev–Trinajstić information content (AvgIpc) is 2.86. The van der Waals surface area contributed by atoms with Gasteiger partial charge in [-0.2, -0.15) is 0 Å². The van der Waals surface area contributed by atoms with E-state index in [-0.39, 0.29) is 12.5 Å². The Balaban J connectivity index is 1.69. The highest BCUT2D eigenvalue weighted by atomic mass is 35.5. The zero-order valence-corrected chi connectivity index (χ0v) is 15.7. The molecule has 4 rings (SSSR count). The Morgan fingerprint density at radius 3 is 2.59 bits per heavy atom. The van der Waals surface area contributed by atoms with Crippen LogP contribution in [0.4, 0.5) is 4.79 Å². The first-order chi connectivity index (χ1) is 12.9. The minimum atomic E-state index is -1.10. The molecule has 0 aliphatic carbocycles. The van der Waals surface area contributed by atoms with Crippen LogP contribution in [0.1, 0.15) is 23.6 Å². The summed E-state index contributed by atoms with van der Waals surface area (Å²) in [7, 11) is 0. The first-order valence-corrected chi connectivity index (χ1v) is 9.02. The van der Waals surface area contributed by atoms with Gasteiger partial charge < -0.3 is 5.32 Å². The van der Waals surface area contributed by atoms with Gasteiger partial charge in [0, 0.05) is 10.9 Å². The molecule has 1 N–H and O–H groups in total. The van der Waals surface area contributed by atoms with Gasteiger partial charge in [0.1, 0.15) is 10.7 Å². The molecule has 3 amide bonds. The van der Waals surface area contributed by atoms with Crippen LogP contribution >= 0.6 is 11.6 Å². The Bertz CT molecular complexity index is 1080. The summed E-state index contributed by atoms with van der Waals surface area (Å²) in [5.74, 6) is -0.300. The minimum absolute atomic E-state index is 0.0722. The van der Waals surface area contributed by atoms with Crippen molar-refractivity contribution < 1.29 is 9.59 Å². The van der Waals surface area contributed by atoms with E-state index in [9.17, 15) is 9.59 Å². The number of nitrogens with zero attached hydrogens (tertiary/aromatic N) is 2. The number of urea groups is 1. The molecule has 136 valence electrons. The summed E-state index contributed by atoms with van der Waals surface area (Å²) >= 11 is 6.31. The van der Waals surface area contributed by atoms with Gasteiger partial charge in [-0.3, -0.25) is 9.69 Å². The van der Waals surface area contributed by atoms with Gasteiger partial charge in [-0.05, 0) is 37.1 Å². The number of amides is 3. The highest BCUT2D eigenvalue weighted by molar-refractivity contribution is 6.30. The number of carbonyl (C=O) groups is 2. The van der Waals surface area contributed by atoms with Crippen molar-refractivity contribution in [2.45, 2.75) is 25.9 Å². The molecule has 27 heavy (non-hydrogen) atoms. The third kappa shape index (κ3) is 2.84. The Morgan fingerprint density at radius 1 is 1.11 bits per heavy atom. The molecule has 1 unspecified atom stereocenters. The molecular weight excluding hydrogens is 362 g/mol. The van der Waals surface area contributed by atoms with Crippen LogP contribution in [0.25, 0.3) is 10.9 Å². The maximum Gasteiger partial charge on any atom is 0.325 e. The Morgan fingerprint density at radius 2 is 1.81 bits per heavy atom. The predicted molar refractivity (Wildman–Crippen MR) is 104 cm³/mol. The van der Waals surface area contributed by atoms with Crippen molar-refractivity contribution in [2.24, 2.45) is 0 Å². The lowest BCUT2D eigenvalue weighted by molar-refractivity contribution is -0.131. The van der Waals surface area contributed by atoms with Crippen LogP contribution in [0.5, 0.6) is 0 Å². The van der Waals surface area contributed by atoms with Crippen molar-refractivity contribution in [1.82, 2.24) is 15.2 Å². The van der Waals surface area contributed by atoms with E-state index >= 15 is 0 Å². The molecule has 0 spiro atoms. The zero-order chi connectivity index (χ0) is 19.2. The number of aryl methyl sites for hydroxylation is 1. The number of imide groups is 1. The fourth-order valence-electron chi connectivity index (χ4n) is 3.57. The van der Waals surface area contributed by atoms with Gasteiger partial charge in [0.2, 0.25) is 0 Å². The Kier molecular flexibility index (Phi) is 4.12. The summed E-state index contributed by atoms with van der Waals surface area (Å²) in [6.07, 6.45) is 0. The molecular formula is C21H18ClN3O2. The number of rotatable bonds is 3. The van der Waals surface area contributed by atoms with Gasteiger partial charge >= 0.3 is 6.03 Å². The first-order valence-electron chi connectivity index (χ1n) is 8.64. The topological polar surface area (TPSA) is 62.3 Å². The van der Waals surface area contributed by atoms with Crippen molar-refractivity contribution >= 4 is 34.4 Å². The molecule has 3 aromatic rings. The molecule has 0 radical (unpaired) electrons. The van der Waals surface area contributed by atoms with Gasteiger partial charge in [0.05, 0.1) is 12.1 Å². The predicted octanol–water partition coefficient (Wildman–Crippen LogP) is 4.16. The summed E-state index contributed by atoms with van der Waals surface area (Å²) in [6.45, 7) is 3.73. The quantitative estimate of drug-likeness (QED) is 0.549. The lowest BCUT2D eigenvalue weighted by atomic mass is 9.88. The molecule has 0 bridgehead atoms. The molecule has 6 heteroatoms. The number of hydrogen-bond donors (Lipinski definition) is 1. The second-order valence-electron chi connectivity index (χ2n) is 6.89. The van der Waals surface area contributed by atoms with Crippen molar-refractivity contribution in [3.05, 3.63) is 76.4 Å². The van der Waals surface area contributed by atoms with E-state index < -0.39 is 11.6 Å². The molecule has 1 saturated heterocycles. The van der Waals surface area contributed by atoms with Gasteiger partial charge in [0.15, 0.2) is 0 Å². The SMILES string of the molecule is Cc1ccccc1C1(C)NC(=O)N(Cc2cc3ccccc3nc2Cl)C1=O. The number of aromatic nitrogens is 1. The van der Waals surface area contributed by atoms with Crippen molar-refractivity contribution in [3.8, 4) is 0 Å². The van der Waals surface area contributed by atoms with Crippen molar-refractivity contribution in [3.63, 3.8) is 0 Å². The van der Waals surface area contributed by atoms with E-state index in [2.05, 4.69) is 10.3 Å². The Labute approximate surface area is 162 Å². The lowest BCUT2D eigenvalue weighted by Gasteiger charge is -2.24. The Hall–Kier alpha value is -2.92. The standard InChI is InChI=1S/C21H18ClN3O2/c1-13-7-3-5-9-16(13)21(2)19(26)25(20(27)24-21)12-15-11-14-8-4-6-10-17(14)23-18(15)22/h3-11H,12H2,1-2H3,(H,24,27). The summed E-state index contributed by atoms with van der Waals surface area (Å²) in [5, 5.41) is 4.04. The third-order valence-corrected chi connectivity index (χ3v) is 5.36. The smallest absolute Gasteiger partial charge is 0.319 e. The van der Waals surface area contributed by atoms with Crippen LogP contribution in [0.2, 0.25) is 5.15 Å². The molecule has 1 atom stereocenters. The van der Waals surface area contributed by atoms with Crippen LogP contribution in [0, 0.1) is 6.92 Å². The third-order valence-electron chi connectivity index (χ3n) is 5.04. The highest BCUT2D eigenvalue weighted by Gasteiger charge is 2.49. The second kappa shape index (κ2) is 6.35. The van der Waals surface area contributed by atoms with E-state index in [1.807, 2.05) is 61.5 Å². The van der Waals surface area contributed by atoms with Crippen LogP contribution in [-0.4, -0.2) is 21.8 Å². The fraction of sp³-hybridized carbons (Fsp3) is 0.190. The number of para-hydroxylation sites is 1. The van der Waals surface area contributed by atoms with Crippen molar-refractivity contribution in [1.29, 1.82) is 0 Å². The second-order valence-corrected chi connectivity index (χ2v) is 7.25. The van der Waals surface area contributed by atoms with Crippen LogP contribution in [-0.2, 0) is 16.9 Å². The number of pyridine rings is 1. The zero-order valence-electron chi connectivity index (χ0n) is 15.0. The molecule has 2 aromatic carbocycles. The number of benzene rings is 2. The van der Waals surface area contributed by atoms with Gasteiger partial charge in [-0.15, -0.1) is 0 Å². The number of nitrogens with one attached hydrogen (secondary N) is 1. The minimum Gasteiger partial charge on any atom is -0.319 e. The first kappa shape index (κ1) is 17.5. The number of halogens is 1. The summed E-state index contributed by atoms with van der Waals surface area (Å²) < 4.78 is 0. The molecule has 1 aliphatic rings. The monoisotopic (exact) mass is 379 g/mol. The van der Waals surface area contributed by atoms with Gasteiger partial charge in [0.25, 0.3) is 5.91 Å². The van der Waals surface area contributed by atoms with E-state index in [1.165, 1.54) is 4.90 Å². The lowest BCUT2D eigenvalue weighted by Crippen LogP contribution is -2.41.